The van der Waals surface area contributed by atoms with Crippen molar-refractivity contribution in [2.45, 2.75) is 38.1 Å². The summed E-state index contributed by atoms with van der Waals surface area (Å²) in [6.45, 7) is 0.371. The van der Waals surface area contributed by atoms with Crippen molar-refractivity contribution >= 4 is 11.9 Å². The summed E-state index contributed by atoms with van der Waals surface area (Å²) >= 11 is 0. The molecule has 4 N–H and O–H groups in total. The Morgan fingerprint density at radius 3 is 2.59 bits per heavy atom. The van der Waals surface area contributed by atoms with Crippen LogP contribution in [-0.2, 0) is 9.59 Å². The quantitative estimate of drug-likeness (QED) is 0.572. The largest absolute Gasteiger partial charge is 0.481 e. The summed E-state index contributed by atoms with van der Waals surface area (Å²) in [5.74, 6) is 1.19. The Bertz CT molecular complexity index is 342. The van der Waals surface area contributed by atoms with Gasteiger partial charge in [-0.2, -0.15) is 0 Å². The lowest BCUT2D eigenvalue weighted by Gasteiger charge is -2.41. The van der Waals surface area contributed by atoms with Gasteiger partial charge in [0.1, 0.15) is 0 Å². The first-order valence-electron chi connectivity index (χ1n) is 5.68. The van der Waals surface area contributed by atoms with Crippen LogP contribution >= 0.6 is 0 Å². The second-order valence-corrected chi connectivity index (χ2v) is 4.66. The van der Waals surface area contributed by atoms with Crippen molar-refractivity contribution in [3.05, 3.63) is 0 Å². The zero-order valence-electron chi connectivity index (χ0n) is 9.74. The van der Waals surface area contributed by atoms with Crippen LogP contribution in [0, 0.1) is 17.8 Å². The van der Waals surface area contributed by atoms with Gasteiger partial charge in [0.25, 0.3) is 0 Å². The molecule has 0 bridgehead atoms. The van der Waals surface area contributed by atoms with E-state index in [2.05, 4.69) is 11.2 Å². The number of aliphatic carboxylic acids is 1. The van der Waals surface area contributed by atoms with E-state index in [9.17, 15) is 9.59 Å². The molecule has 1 unspecified atom stereocenters. The minimum atomic E-state index is -0.827. The van der Waals surface area contributed by atoms with E-state index in [1.54, 1.807) is 0 Å². The van der Waals surface area contributed by atoms with Gasteiger partial charge in [0.15, 0.2) is 0 Å². The Morgan fingerprint density at radius 2 is 2.18 bits per heavy atom. The molecule has 17 heavy (non-hydrogen) atoms. The molecule has 5 nitrogen and oxygen atoms in total. The molecule has 94 valence electrons. The van der Waals surface area contributed by atoms with Crippen LogP contribution in [0.4, 0.5) is 0 Å². The Kier molecular flexibility index (Phi) is 4.53. The van der Waals surface area contributed by atoms with Gasteiger partial charge in [-0.05, 0) is 18.3 Å². The standard InChI is InChI=1S/C12H18N2O3/c1-2-4-9(13)11(17)14-8-12(5-3-6-12)7-10(15)16/h1,9H,3-8,13H2,(H,14,17)(H,15,16). The molecular weight excluding hydrogens is 220 g/mol. The van der Waals surface area contributed by atoms with Crippen molar-refractivity contribution < 1.29 is 14.7 Å². The molecule has 0 aliphatic heterocycles. The molecule has 0 radical (unpaired) electrons. The van der Waals surface area contributed by atoms with Crippen molar-refractivity contribution in [2.24, 2.45) is 11.1 Å². The minimum absolute atomic E-state index is 0.0949. The summed E-state index contributed by atoms with van der Waals surface area (Å²) in [7, 11) is 0. The molecule has 5 heteroatoms. The van der Waals surface area contributed by atoms with Gasteiger partial charge in [-0.1, -0.05) is 6.42 Å². The van der Waals surface area contributed by atoms with Gasteiger partial charge in [-0.15, -0.1) is 12.3 Å². The van der Waals surface area contributed by atoms with E-state index < -0.39 is 12.0 Å². The van der Waals surface area contributed by atoms with Crippen molar-refractivity contribution in [2.75, 3.05) is 6.54 Å². The number of carboxylic acid groups (broad SMARTS) is 1. The number of rotatable bonds is 6. The predicted octanol–water partition coefficient (Wildman–Crippen LogP) is 0.0982. The van der Waals surface area contributed by atoms with Gasteiger partial charge in [0.2, 0.25) is 5.91 Å². The topological polar surface area (TPSA) is 92.4 Å². The fourth-order valence-corrected chi connectivity index (χ4v) is 2.04. The van der Waals surface area contributed by atoms with Crippen LogP contribution in [0.5, 0.6) is 0 Å². The average molecular weight is 238 g/mol. The van der Waals surface area contributed by atoms with Crippen molar-refractivity contribution in [3.8, 4) is 12.3 Å². The highest BCUT2D eigenvalue weighted by molar-refractivity contribution is 5.81. The third-order valence-electron chi connectivity index (χ3n) is 3.25. The first-order valence-corrected chi connectivity index (χ1v) is 5.68. The van der Waals surface area contributed by atoms with E-state index in [0.29, 0.717) is 6.54 Å². The van der Waals surface area contributed by atoms with Gasteiger partial charge in [0.05, 0.1) is 12.5 Å². The average Bonchev–Trinajstić information content (AvgIpc) is 2.21. The molecule has 1 aliphatic carbocycles. The summed E-state index contributed by atoms with van der Waals surface area (Å²) in [5, 5.41) is 11.5. The number of carboxylic acids is 1. The fraction of sp³-hybridized carbons (Fsp3) is 0.667. The number of carbonyl (C=O) groups excluding carboxylic acids is 1. The van der Waals surface area contributed by atoms with Gasteiger partial charge < -0.3 is 16.2 Å². The molecule has 1 fully saturated rings. The van der Waals surface area contributed by atoms with E-state index in [1.807, 2.05) is 0 Å². The van der Waals surface area contributed by atoms with Gasteiger partial charge in [0, 0.05) is 13.0 Å². The van der Waals surface area contributed by atoms with Crippen LogP contribution in [-0.4, -0.2) is 29.6 Å². The van der Waals surface area contributed by atoms with Crippen LogP contribution in [0.25, 0.3) is 0 Å². The van der Waals surface area contributed by atoms with E-state index in [0.717, 1.165) is 19.3 Å². The lowest BCUT2D eigenvalue weighted by Crippen LogP contribution is -2.48. The Balaban J connectivity index is 2.40. The maximum Gasteiger partial charge on any atom is 0.303 e. The normalized spacial score (nSPS) is 18.6. The van der Waals surface area contributed by atoms with E-state index in [-0.39, 0.29) is 24.2 Å². The molecule has 0 aromatic heterocycles. The van der Waals surface area contributed by atoms with Crippen molar-refractivity contribution in [1.29, 1.82) is 0 Å². The molecule has 1 rings (SSSR count). The van der Waals surface area contributed by atoms with Crippen LogP contribution in [0.3, 0.4) is 0 Å². The van der Waals surface area contributed by atoms with E-state index in [1.165, 1.54) is 0 Å². The highest BCUT2D eigenvalue weighted by atomic mass is 16.4. The van der Waals surface area contributed by atoms with E-state index in [4.69, 9.17) is 17.3 Å². The minimum Gasteiger partial charge on any atom is -0.481 e. The lowest BCUT2D eigenvalue weighted by molar-refractivity contribution is -0.141. The number of nitrogens with two attached hydrogens (primary N) is 1. The zero-order chi connectivity index (χ0) is 12.9. The van der Waals surface area contributed by atoms with Crippen LogP contribution in [0.15, 0.2) is 0 Å². The Labute approximate surface area is 101 Å². The summed E-state index contributed by atoms with van der Waals surface area (Å²) in [5.41, 5.74) is 5.27. The fourth-order valence-electron chi connectivity index (χ4n) is 2.04. The Hall–Kier alpha value is -1.54. The molecule has 0 aromatic carbocycles. The monoisotopic (exact) mass is 238 g/mol. The zero-order valence-corrected chi connectivity index (χ0v) is 9.74. The molecule has 0 aromatic rings. The second-order valence-electron chi connectivity index (χ2n) is 4.66. The third kappa shape index (κ3) is 3.75. The smallest absolute Gasteiger partial charge is 0.303 e. The maximum atomic E-state index is 11.5. The molecule has 1 aliphatic rings. The summed E-state index contributed by atoms with van der Waals surface area (Å²) in [4.78, 5) is 22.3. The number of carbonyl (C=O) groups is 2. The second kappa shape index (κ2) is 5.69. The SMILES string of the molecule is C#CCC(N)C(=O)NCC1(CC(=O)O)CCC1. The number of nitrogens with one attached hydrogen (secondary N) is 1. The molecule has 1 saturated carbocycles. The molecule has 0 spiro atoms. The van der Waals surface area contributed by atoms with E-state index >= 15 is 0 Å². The molecular formula is C12H18N2O3. The van der Waals surface area contributed by atoms with Gasteiger partial charge >= 0.3 is 5.97 Å². The summed E-state index contributed by atoms with van der Waals surface area (Å²) in [6, 6.07) is -0.707. The van der Waals surface area contributed by atoms with Crippen molar-refractivity contribution in [1.82, 2.24) is 5.32 Å². The molecule has 0 heterocycles. The van der Waals surface area contributed by atoms with Crippen LogP contribution in [0.2, 0.25) is 0 Å². The molecule has 1 amide bonds. The van der Waals surface area contributed by atoms with Crippen LogP contribution < -0.4 is 11.1 Å². The lowest BCUT2D eigenvalue weighted by atomic mass is 9.66. The number of hydrogen-bond acceptors (Lipinski definition) is 3. The number of amides is 1. The predicted molar refractivity (Wildman–Crippen MR) is 63.0 cm³/mol. The van der Waals surface area contributed by atoms with Gasteiger partial charge in [-0.25, -0.2) is 0 Å². The maximum absolute atomic E-state index is 11.5. The number of terminal acetylenes is 1. The highest BCUT2D eigenvalue weighted by Crippen LogP contribution is 2.43. The van der Waals surface area contributed by atoms with Crippen molar-refractivity contribution in [3.63, 3.8) is 0 Å². The highest BCUT2D eigenvalue weighted by Gasteiger charge is 2.39. The summed E-state index contributed by atoms with van der Waals surface area (Å²) < 4.78 is 0. The third-order valence-corrected chi connectivity index (χ3v) is 3.25. The first-order chi connectivity index (χ1) is 7.99. The molecule has 0 saturated heterocycles. The van der Waals surface area contributed by atoms with Gasteiger partial charge in [-0.3, -0.25) is 9.59 Å². The van der Waals surface area contributed by atoms with Crippen LogP contribution in [0.1, 0.15) is 32.1 Å². The molecule has 1 atom stereocenters. The first kappa shape index (κ1) is 13.5. The number of hydrogen-bond donors (Lipinski definition) is 3. The Morgan fingerprint density at radius 1 is 1.53 bits per heavy atom. The summed E-state index contributed by atoms with van der Waals surface area (Å²) in [6.07, 6.45) is 8.04.